The molecule has 0 atom stereocenters. The lowest BCUT2D eigenvalue weighted by Crippen LogP contribution is -2.24. The SMILES string of the molecule is C.CC(C)(C)c1ccc2c(c1)=NCN=2.CCCc1[nH]ncc1C(C)(C)C. The summed E-state index contributed by atoms with van der Waals surface area (Å²) in [5, 5.41) is 9.23. The lowest BCUT2D eigenvalue weighted by atomic mass is 9.86. The number of aryl methyl sites for hydroxylation is 1. The van der Waals surface area contributed by atoms with Gasteiger partial charge in [0.1, 0.15) is 6.67 Å². The Morgan fingerprint density at radius 1 is 0.962 bits per heavy atom. The highest BCUT2D eigenvalue weighted by Gasteiger charge is 2.18. The first-order chi connectivity index (χ1) is 11.6. The first-order valence-electron chi connectivity index (χ1n) is 9.15. The summed E-state index contributed by atoms with van der Waals surface area (Å²) in [4.78, 5) is 8.56. The number of rotatable bonds is 2. The van der Waals surface area contributed by atoms with E-state index < -0.39 is 0 Å². The van der Waals surface area contributed by atoms with E-state index in [1.807, 2.05) is 6.20 Å². The van der Waals surface area contributed by atoms with Gasteiger partial charge in [-0.25, -0.2) is 0 Å². The van der Waals surface area contributed by atoms with E-state index in [0.29, 0.717) is 6.67 Å². The van der Waals surface area contributed by atoms with E-state index in [9.17, 15) is 0 Å². The van der Waals surface area contributed by atoms with E-state index in [4.69, 9.17) is 0 Å². The zero-order valence-electron chi connectivity index (χ0n) is 16.8. The van der Waals surface area contributed by atoms with Crippen molar-refractivity contribution in [3.05, 3.63) is 51.9 Å². The fraction of sp³-hybridized carbons (Fsp3) is 0.591. The van der Waals surface area contributed by atoms with Gasteiger partial charge in [0.2, 0.25) is 0 Å². The normalized spacial score (nSPS) is 12.9. The molecule has 0 saturated heterocycles. The maximum absolute atomic E-state index is 4.31. The van der Waals surface area contributed by atoms with E-state index in [1.165, 1.54) is 23.2 Å². The third-order valence-corrected chi connectivity index (χ3v) is 4.35. The molecule has 0 unspecified atom stereocenters. The lowest BCUT2D eigenvalue weighted by Gasteiger charge is -2.18. The average molecular weight is 357 g/mol. The van der Waals surface area contributed by atoms with Gasteiger partial charge in [-0.1, -0.05) is 68.4 Å². The van der Waals surface area contributed by atoms with Gasteiger partial charge in [-0.3, -0.25) is 15.1 Å². The summed E-state index contributed by atoms with van der Waals surface area (Å²) in [6, 6.07) is 6.35. The van der Waals surface area contributed by atoms with Crippen LogP contribution in [-0.4, -0.2) is 16.9 Å². The molecule has 4 nitrogen and oxygen atoms in total. The predicted octanol–water partition coefficient (Wildman–Crippen LogP) is 4.49. The van der Waals surface area contributed by atoms with Crippen LogP contribution in [-0.2, 0) is 17.3 Å². The number of hydrogen-bond acceptors (Lipinski definition) is 3. The molecule has 0 radical (unpaired) electrons. The van der Waals surface area contributed by atoms with Crippen LogP contribution in [0, 0.1) is 0 Å². The third kappa shape index (κ3) is 5.52. The Hall–Kier alpha value is -1.97. The Bertz CT molecular complexity index is 817. The highest BCUT2D eigenvalue weighted by atomic mass is 15.1. The first-order valence-corrected chi connectivity index (χ1v) is 9.15. The molecule has 0 saturated carbocycles. The maximum Gasteiger partial charge on any atom is 0.130 e. The molecule has 0 bridgehead atoms. The second-order valence-electron chi connectivity index (χ2n) is 8.67. The summed E-state index contributed by atoms with van der Waals surface area (Å²) in [5.74, 6) is 0. The molecule has 3 rings (SSSR count). The van der Waals surface area contributed by atoms with Gasteiger partial charge >= 0.3 is 0 Å². The van der Waals surface area contributed by atoms with Gasteiger partial charge < -0.3 is 0 Å². The van der Waals surface area contributed by atoms with Crippen LogP contribution in [0.4, 0.5) is 0 Å². The fourth-order valence-corrected chi connectivity index (χ4v) is 2.84. The van der Waals surface area contributed by atoms with Gasteiger partial charge in [0.15, 0.2) is 0 Å². The van der Waals surface area contributed by atoms with E-state index >= 15 is 0 Å². The van der Waals surface area contributed by atoms with Crippen molar-refractivity contribution in [2.45, 2.75) is 79.6 Å². The third-order valence-electron chi connectivity index (χ3n) is 4.35. The van der Waals surface area contributed by atoms with Crippen LogP contribution in [0.5, 0.6) is 0 Å². The number of hydrogen-bond donors (Lipinski definition) is 1. The molecule has 2 aromatic rings. The summed E-state index contributed by atoms with van der Waals surface area (Å²) in [7, 11) is 0. The summed E-state index contributed by atoms with van der Waals surface area (Å²) in [6.45, 7) is 16.1. The van der Waals surface area contributed by atoms with Crippen molar-refractivity contribution in [3.8, 4) is 0 Å². The predicted molar refractivity (Wildman–Crippen MR) is 110 cm³/mol. The van der Waals surface area contributed by atoms with Crippen molar-refractivity contribution in [1.29, 1.82) is 0 Å². The number of benzene rings is 1. The minimum Gasteiger partial charge on any atom is -0.282 e. The van der Waals surface area contributed by atoms with Gasteiger partial charge in [0.25, 0.3) is 0 Å². The number of H-pyrrole nitrogens is 1. The molecule has 2 heterocycles. The second kappa shape index (κ2) is 8.61. The quantitative estimate of drug-likeness (QED) is 0.847. The highest BCUT2D eigenvalue weighted by molar-refractivity contribution is 5.24. The van der Waals surface area contributed by atoms with Gasteiger partial charge in [-0.15, -0.1) is 0 Å². The standard InChI is InChI=1S/C11H14N2.C10H18N2.CH4/c1-11(2,3)8-4-5-9-10(6-8)13-7-12-9;1-5-6-9-8(7-11-12-9)10(2,3)4;/h4-6H,7H2,1-3H3;7H,5-6H2,1-4H3,(H,11,12);1H4. The number of nitrogens with zero attached hydrogens (tertiary/aromatic N) is 3. The van der Waals surface area contributed by atoms with Crippen LogP contribution in [0.3, 0.4) is 0 Å². The second-order valence-corrected chi connectivity index (χ2v) is 8.67. The molecule has 1 aromatic heterocycles. The molecular formula is C22H36N4. The summed E-state index contributed by atoms with van der Waals surface area (Å²) in [6.07, 6.45) is 4.23. The van der Waals surface area contributed by atoms with E-state index in [2.05, 4.69) is 86.8 Å². The topological polar surface area (TPSA) is 53.4 Å². The molecule has 1 N–H and O–H groups in total. The Kier molecular flexibility index (Phi) is 7.31. The van der Waals surface area contributed by atoms with Gasteiger partial charge in [0.05, 0.1) is 16.9 Å². The Balaban J connectivity index is 0.000000251. The van der Waals surface area contributed by atoms with Crippen molar-refractivity contribution < 1.29 is 0 Å². The molecule has 1 aliphatic rings. The zero-order valence-corrected chi connectivity index (χ0v) is 16.8. The van der Waals surface area contributed by atoms with Crippen LogP contribution in [0.25, 0.3) is 0 Å². The van der Waals surface area contributed by atoms with Crippen LogP contribution in [0.1, 0.15) is 79.1 Å². The van der Waals surface area contributed by atoms with Crippen LogP contribution in [0.15, 0.2) is 34.4 Å². The number of aromatic amines is 1. The smallest absolute Gasteiger partial charge is 0.130 e. The summed E-state index contributed by atoms with van der Waals surface area (Å²) in [5.41, 5.74) is 4.39. The first kappa shape index (κ1) is 22.1. The van der Waals surface area contributed by atoms with Crippen molar-refractivity contribution in [1.82, 2.24) is 10.2 Å². The zero-order chi connectivity index (χ0) is 18.7. The lowest BCUT2D eigenvalue weighted by molar-refractivity contribution is 0.581. The number of fused-ring (bicyclic) bond motifs is 1. The molecule has 0 amide bonds. The summed E-state index contributed by atoms with van der Waals surface area (Å²) < 4.78 is 0. The molecular weight excluding hydrogens is 320 g/mol. The van der Waals surface area contributed by atoms with Gasteiger partial charge in [0, 0.05) is 5.69 Å². The Labute approximate surface area is 158 Å². The van der Waals surface area contributed by atoms with Crippen molar-refractivity contribution in [3.63, 3.8) is 0 Å². The van der Waals surface area contributed by atoms with Crippen LogP contribution in [0.2, 0.25) is 0 Å². The summed E-state index contributed by atoms with van der Waals surface area (Å²) >= 11 is 0. The van der Waals surface area contributed by atoms with Gasteiger partial charge in [-0.05, 0) is 40.5 Å². The Morgan fingerprint density at radius 2 is 1.62 bits per heavy atom. The van der Waals surface area contributed by atoms with Gasteiger partial charge in [-0.2, -0.15) is 5.10 Å². The van der Waals surface area contributed by atoms with Crippen molar-refractivity contribution >= 4 is 0 Å². The minimum atomic E-state index is 0. The van der Waals surface area contributed by atoms with Crippen molar-refractivity contribution in [2.24, 2.45) is 9.98 Å². The molecule has 4 heteroatoms. The molecule has 1 aliphatic heterocycles. The van der Waals surface area contributed by atoms with E-state index in [-0.39, 0.29) is 18.3 Å². The van der Waals surface area contributed by atoms with E-state index in [0.717, 1.165) is 17.1 Å². The largest absolute Gasteiger partial charge is 0.282 e. The minimum absolute atomic E-state index is 0. The van der Waals surface area contributed by atoms with E-state index in [1.54, 1.807) is 0 Å². The number of nitrogens with one attached hydrogen (secondary N) is 1. The fourth-order valence-electron chi connectivity index (χ4n) is 2.84. The molecule has 0 fully saturated rings. The highest BCUT2D eigenvalue weighted by Crippen LogP contribution is 2.24. The molecule has 0 spiro atoms. The molecule has 144 valence electrons. The number of aromatic nitrogens is 2. The van der Waals surface area contributed by atoms with Crippen molar-refractivity contribution in [2.75, 3.05) is 6.67 Å². The average Bonchev–Trinajstić information content (AvgIpc) is 3.14. The Morgan fingerprint density at radius 3 is 2.19 bits per heavy atom. The monoisotopic (exact) mass is 356 g/mol. The molecule has 26 heavy (non-hydrogen) atoms. The molecule has 1 aromatic carbocycles. The molecule has 0 aliphatic carbocycles. The van der Waals surface area contributed by atoms with Crippen LogP contribution >= 0.6 is 0 Å². The van der Waals surface area contributed by atoms with Crippen LogP contribution < -0.4 is 10.7 Å². The maximum atomic E-state index is 4.31.